The fourth-order valence-electron chi connectivity index (χ4n) is 1.39. The molecular weight excluding hydrogens is 220 g/mol. The lowest BCUT2D eigenvalue weighted by Gasteiger charge is -2.01. The number of carboxylic acids is 1. The molecule has 0 aliphatic heterocycles. The van der Waals surface area contributed by atoms with Gasteiger partial charge in [-0.2, -0.15) is 0 Å². The molecule has 0 saturated heterocycles. The molecular formula is C11H10N4O2. The lowest BCUT2D eigenvalue weighted by Crippen LogP contribution is -2.01. The van der Waals surface area contributed by atoms with Crippen LogP contribution >= 0.6 is 0 Å². The zero-order valence-corrected chi connectivity index (χ0v) is 9.16. The first-order valence-electron chi connectivity index (χ1n) is 5.00. The first kappa shape index (κ1) is 11.1. The second-order valence-electron chi connectivity index (χ2n) is 3.54. The number of carboxylic acid groups (broad SMARTS) is 1. The lowest BCUT2D eigenvalue weighted by molar-refractivity contribution is -0.136. The van der Waals surface area contributed by atoms with E-state index in [0.717, 1.165) is 0 Å². The molecule has 0 aliphatic rings. The minimum Gasteiger partial charge on any atom is -0.481 e. The average molecular weight is 230 g/mol. The Morgan fingerprint density at radius 1 is 1.24 bits per heavy atom. The van der Waals surface area contributed by atoms with Crippen molar-refractivity contribution in [3.05, 3.63) is 35.7 Å². The van der Waals surface area contributed by atoms with Crippen LogP contribution in [0.3, 0.4) is 0 Å². The highest BCUT2D eigenvalue weighted by Crippen LogP contribution is 2.15. The molecule has 0 amide bonds. The maximum atomic E-state index is 10.6. The van der Waals surface area contributed by atoms with Crippen molar-refractivity contribution in [2.45, 2.75) is 13.3 Å². The van der Waals surface area contributed by atoms with E-state index in [0.29, 0.717) is 22.8 Å². The lowest BCUT2D eigenvalue weighted by atomic mass is 10.1. The highest BCUT2D eigenvalue weighted by Gasteiger charge is 2.05. The summed E-state index contributed by atoms with van der Waals surface area (Å²) in [4.78, 5) is 10.6. The summed E-state index contributed by atoms with van der Waals surface area (Å²) < 4.78 is 0. The van der Waals surface area contributed by atoms with Gasteiger partial charge in [0, 0.05) is 5.56 Å². The zero-order chi connectivity index (χ0) is 12.3. The molecule has 0 unspecified atom stereocenters. The van der Waals surface area contributed by atoms with Gasteiger partial charge in [-0.15, -0.1) is 20.4 Å². The highest BCUT2D eigenvalue weighted by molar-refractivity contribution is 5.71. The van der Waals surface area contributed by atoms with Crippen molar-refractivity contribution in [1.29, 1.82) is 0 Å². The van der Waals surface area contributed by atoms with Gasteiger partial charge in [0.2, 0.25) is 5.82 Å². The maximum absolute atomic E-state index is 10.6. The molecule has 1 aromatic heterocycles. The van der Waals surface area contributed by atoms with Crippen LogP contribution in [0.4, 0.5) is 0 Å². The molecule has 0 radical (unpaired) electrons. The molecule has 2 rings (SSSR count). The molecule has 86 valence electrons. The van der Waals surface area contributed by atoms with Crippen molar-refractivity contribution >= 4 is 5.97 Å². The molecule has 6 heteroatoms. The Labute approximate surface area is 97.4 Å². The molecule has 1 heterocycles. The Hall–Kier alpha value is -2.37. The van der Waals surface area contributed by atoms with E-state index in [1.165, 1.54) is 0 Å². The number of benzene rings is 1. The third kappa shape index (κ3) is 2.81. The Balaban J connectivity index is 2.32. The molecule has 6 nitrogen and oxygen atoms in total. The van der Waals surface area contributed by atoms with Crippen molar-refractivity contribution in [3.63, 3.8) is 0 Å². The average Bonchev–Trinajstić information content (AvgIpc) is 2.29. The third-order valence-corrected chi connectivity index (χ3v) is 2.12. The van der Waals surface area contributed by atoms with Crippen molar-refractivity contribution in [3.8, 4) is 11.4 Å². The fourth-order valence-corrected chi connectivity index (χ4v) is 1.39. The predicted octanol–water partition coefficient (Wildman–Crippen LogP) is 0.869. The number of hydrogen-bond acceptors (Lipinski definition) is 5. The topological polar surface area (TPSA) is 88.9 Å². The second kappa shape index (κ2) is 4.65. The van der Waals surface area contributed by atoms with Gasteiger partial charge in [0.05, 0.1) is 6.42 Å². The van der Waals surface area contributed by atoms with Crippen LogP contribution in [0.1, 0.15) is 11.4 Å². The van der Waals surface area contributed by atoms with E-state index in [1.807, 2.05) is 0 Å². The summed E-state index contributed by atoms with van der Waals surface area (Å²) in [6.45, 7) is 1.70. The number of rotatable bonds is 3. The van der Waals surface area contributed by atoms with Crippen LogP contribution in [0.25, 0.3) is 11.4 Å². The Morgan fingerprint density at radius 3 is 2.59 bits per heavy atom. The van der Waals surface area contributed by atoms with Crippen LogP contribution in [0.2, 0.25) is 0 Å². The van der Waals surface area contributed by atoms with Crippen LogP contribution in [0, 0.1) is 6.92 Å². The molecule has 1 aromatic carbocycles. The highest BCUT2D eigenvalue weighted by atomic mass is 16.4. The van der Waals surface area contributed by atoms with Gasteiger partial charge < -0.3 is 5.11 Å². The second-order valence-corrected chi connectivity index (χ2v) is 3.54. The standard InChI is InChI=1S/C11H10N4O2/c1-7-12-14-11(15-13-7)9-4-2-3-8(5-9)6-10(16)17/h2-5H,6H2,1H3,(H,16,17). The van der Waals surface area contributed by atoms with Crippen molar-refractivity contribution in [1.82, 2.24) is 20.4 Å². The molecule has 1 N–H and O–H groups in total. The molecule has 0 bridgehead atoms. The van der Waals surface area contributed by atoms with Crippen LogP contribution in [0.5, 0.6) is 0 Å². The zero-order valence-electron chi connectivity index (χ0n) is 9.16. The Bertz CT molecular complexity index is 539. The van der Waals surface area contributed by atoms with Crippen molar-refractivity contribution < 1.29 is 9.90 Å². The van der Waals surface area contributed by atoms with E-state index in [-0.39, 0.29) is 6.42 Å². The summed E-state index contributed by atoms with van der Waals surface area (Å²) in [7, 11) is 0. The molecule has 0 aliphatic carbocycles. The van der Waals surface area contributed by atoms with E-state index in [4.69, 9.17) is 5.11 Å². The van der Waals surface area contributed by atoms with Gasteiger partial charge in [-0.05, 0) is 18.6 Å². The molecule has 0 fully saturated rings. The van der Waals surface area contributed by atoms with Crippen molar-refractivity contribution in [2.75, 3.05) is 0 Å². The van der Waals surface area contributed by atoms with Crippen LogP contribution < -0.4 is 0 Å². The van der Waals surface area contributed by atoms with Crippen LogP contribution in [-0.2, 0) is 11.2 Å². The quantitative estimate of drug-likeness (QED) is 0.841. The molecule has 0 spiro atoms. The summed E-state index contributed by atoms with van der Waals surface area (Å²) in [6.07, 6.45) is -0.0272. The van der Waals surface area contributed by atoms with Gasteiger partial charge in [0.25, 0.3) is 0 Å². The largest absolute Gasteiger partial charge is 0.481 e. The summed E-state index contributed by atoms with van der Waals surface area (Å²) in [5.74, 6) is 0.0153. The SMILES string of the molecule is Cc1nnc(-c2cccc(CC(=O)O)c2)nn1. The van der Waals surface area contributed by atoms with Gasteiger partial charge in [0.15, 0.2) is 5.82 Å². The smallest absolute Gasteiger partial charge is 0.307 e. The number of carbonyl (C=O) groups is 1. The van der Waals surface area contributed by atoms with E-state index < -0.39 is 5.97 Å². The fraction of sp³-hybridized carbons (Fsp3) is 0.182. The number of aromatic nitrogens is 4. The van der Waals surface area contributed by atoms with Gasteiger partial charge in [-0.1, -0.05) is 18.2 Å². The Kier molecular flexibility index (Phi) is 3.04. The van der Waals surface area contributed by atoms with E-state index in [2.05, 4.69) is 20.4 Å². The number of nitrogens with zero attached hydrogens (tertiary/aromatic N) is 4. The van der Waals surface area contributed by atoms with E-state index in [1.54, 1.807) is 31.2 Å². The minimum absolute atomic E-state index is 0.0272. The third-order valence-electron chi connectivity index (χ3n) is 2.12. The minimum atomic E-state index is -0.872. The van der Waals surface area contributed by atoms with E-state index >= 15 is 0 Å². The predicted molar refractivity (Wildman–Crippen MR) is 59.1 cm³/mol. The summed E-state index contributed by atoms with van der Waals surface area (Å²) in [6, 6.07) is 7.02. The van der Waals surface area contributed by atoms with Crippen LogP contribution in [0.15, 0.2) is 24.3 Å². The number of aliphatic carboxylic acids is 1. The first-order chi connectivity index (χ1) is 8.15. The van der Waals surface area contributed by atoms with Gasteiger partial charge in [-0.3, -0.25) is 4.79 Å². The summed E-state index contributed by atoms with van der Waals surface area (Å²) in [5.41, 5.74) is 1.41. The van der Waals surface area contributed by atoms with Gasteiger partial charge in [0.1, 0.15) is 0 Å². The van der Waals surface area contributed by atoms with Crippen molar-refractivity contribution in [2.24, 2.45) is 0 Å². The monoisotopic (exact) mass is 230 g/mol. The Morgan fingerprint density at radius 2 is 1.94 bits per heavy atom. The molecule has 17 heavy (non-hydrogen) atoms. The first-order valence-corrected chi connectivity index (χ1v) is 5.00. The molecule has 0 saturated carbocycles. The van der Waals surface area contributed by atoms with Gasteiger partial charge >= 0.3 is 5.97 Å². The van der Waals surface area contributed by atoms with E-state index in [9.17, 15) is 4.79 Å². The maximum Gasteiger partial charge on any atom is 0.307 e. The number of aryl methyl sites for hydroxylation is 1. The summed E-state index contributed by atoms with van der Waals surface area (Å²) >= 11 is 0. The normalized spacial score (nSPS) is 10.2. The van der Waals surface area contributed by atoms with Gasteiger partial charge in [-0.25, -0.2) is 0 Å². The molecule has 2 aromatic rings. The summed E-state index contributed by atoms with van der Waals surface area (Å²) in [5, 5.41) is 24.1. The number of hydrogen-bond donors (Lipinski definition) is 1. The molecule has 0 atom stereocenters. The van der Waals surface area contributed by atoms with Crippen LogP contribution in [-0.4, -0.2) is 31.5 Å².